The number of hydrogen-bond acceptors (Lipinski definition) is 3. The second kappa shape index (κ2) is 5.15. The van der Waals surface area contributed by atoms with E-state index in [-0.39, 0.29) is 0 Å². The Morgan fingerprint density at radius 3 is 2.15 bits per heavy atom. The van der Waals surface area contributed by atoms with Crippen molar-refractivity contribution in [3.05, 3.63) is 29.8 Å². The summed E-state index contributed by atoms with van der Waals surface area (Å²) in [5.74, 6) is 1.09. The van der Waals surface area contributed by atoms with Crippen LogP contribution in [-0.4, -0.2) is 28.9 Å². The van der Waals surface area contributed by atoms with Crippen molar-refractivity contribution in [3.8, 4) is 11.4 Å². The van der Waals surface area contributed by atoms with E-state index in [1.54, 1.807) is 4.68 Å². The Morgan fingerprint density at radius 2 is 1.75 bits per heavy atom. The van der Waals surface area contributed by atoms with Gasteiger partial charge in [0.05, 0.1) is 5.56 Å². The third kappa shape index (κ3) is 2.76. The van der Waals surface area contributed by atoms with E-state index in [1.807, 2.05) is 25.9 Å². The summed E-state index contributed by atoms with van der Waals surface area (Å²) < 4.78 is 39.2. The Kier molecular flexibility index (Phi) is 3.69. The molecule has 0 N–H and O–H groups in total. The van der Waals surface area contributed by atoms with Gasteiger partial charge in [-0.1, -0.05) is 12.1 Å². The van der Waals surface area contributed by atoms with Gasteiger partial charge in [0.15, 0.2) is 5.82 Å². The van der Waals surface area contributed by atoms with Gasteiger partial charge in [-0.3, -0.25) is 0 Å². The first-order valence-corrected chi connectivity index (χ1v) is 6.12. The first kappa shape index (κ1) is 14.4. The lowest BCUT2D eigenvalue weighted by molar-refractivity contribution is -0.137. The van der Waals surface area contributed by atoms with Crippen molar-refractivity contribution in [3.63, 3.8) is 0 Å². The summed E-state index contributed by atoms with van der Waals surface area (Å²) in [6.45, 7) is 2.57. The molecule has 2 aromatic rings. The topological polar surface area (TPSA) is 34.0 Å². The fourth-order valence-electron chi connectivity index (χ4n) is 1.81. The van der Waals surface area contributed by atoms with Crippen molar-refractivity contribution in [2.45, 2.75) is 19.6 Å². The maximum absolute atomic E-state index is 12.5. The van der Waals surface area contributed by atoms with Gasteiger partial charge in [-0.05, 0) is 19.1 Å². The zero-order valence-electron chi connectivity index (χ0n) is 11.4. The zero-order chi connectivity index (χ0) is 14.9. The first-order valence-electron chi connectivity index (χ1n) is 6.12. The van der Waals surface area contributed by atoms with Crippen LogP contribution in [0.5, 0.6) is 0 Å². The monoisotopic (exact) mass is 284 g/mol. The molecule has 0 atom stereocenters. The Bertz CT molecular complexity index is 585. The summed E-state index contributed by atoms with van der Waals surface area (Å²) >= 11 is 0. The molecule has 0 bridgehead atoms. The maximum atomic E-state index is 12.5. The van der Waals surface area contributed by atoms with Crippen LogP contribution >= 0.6 is 0 Å². The molecular formula is C13H15F3N4. The average Bonchev–Trinajstić information content (AvgIpc) is 2.82. The number of aromatic nitrogens is 3. The summed E-state index contributed by atoms with van der Waals surface area (Å²) in [4.78, 5) is 6.15. The molecule has 20 heavy (non-hydrogen) atoms. The standard InChI is InChI=1S/C13H15F3N4/c1-4-20-12(19(2)3)17-11(18-20)9-5-7-10(8-6-9)13(14,15)16/h5-8H,4H2,1-3H3. The molecule has 1 heterocycles. The van der Waals surface area contributed by atoms with E-state index in [9.17, 15) is 13.2 Å². The molecule has 0 fully saturated rings. The maximum Gasteiger partial charge on any atom is 0.416 e. The van der Waals surface area contributed by atoms with Crippen molar-refractivity contribution in [1.29, 1.82) is 0 Å². The Balaban J connectivity index is 2.37. The quantitative estimate of drug-likeness (QED) is 0.868. The minimum Gasteiger partial charge on any atom is -0.347 e. The van der Waals surface area contributed by atoms with E-state index in [2.05, 4.69) is 10.1 Å². The lowest BCUT2D eigenvalue weighted by Crippen LogP contribution is -2.15. The average molecular weight is 284 g/mol. The third-order valence-corrected chi connectivity index (χ3v) is 2.82. The van der Waals surface area contributed by atoms with E-state index in [0.717, 1.165) is 12.1 Å². The van der Waals surface area contributed by atoms with E-state index in [0.29, 0.717) is 23.9 Å². The summed E-state index contributed by atoms with van der Waals surface area (Å²) in [5, 5.41) is 4.29. The van der Waals surface area contributed by atoms with Crippen LogP contribution in [0.25, 0.3) is 11.4 Å². The van der Waals surface area contributed by atoms with Crippen LogP contribution in [-0.2, 0) is 12.7 Å². The van der Waals surface area contributed by atoms with Crippen LogP contribution in [0.1, 0.15) is 12.5 Å². The van der Waals surface area contributed by atoms with Gasteiger partial charge in [0.1, 0.15) is 0 Å². The molecule has 0 saturated heterocycles. The molecule has 0 unspecified atom stereocenters. The molecule has 2 rings (SSSR count). The number of hydrogen-bond donors (Lipinski definition) is 0. The second-order valence-electron chi connectivity index (χ2n) is 4.52. The van der Waals surface area contributed by atoms with Crippen LogP contribution < -0.4 is 4.90 Å². The van der Waals surface area contributed by atoms with Crippen molar-refractivity contribution in [1.82, 2.24) is 14.8 Å². The highest BCUT2D eigenvalue weighted by Gasteiger charge is 2.30. The van der Waals surface area contributed by atoms with Crippen LogP contribution in [0, 0.1) is 0 Å². The van der Waals surface area contributed by atoms with Gasteiger partial charge in [0.25, 0.3) is 0 Å². The molecule has 0 radical (unpaired) electrons. The third-order valence-electron chi connectivity index (χ3n) is 2.82. The molecule has 0 spiro atoms. The normalized spacial score (nSPS) is 11.7. The minimum atomic E-state index is -4.33. The van der Waals surface area contributed by atoms with Gasteiger partial charge < -0.3 is 4.90 Å². The van der Waals surface area contributed by atoms with E-state index >= 15 is 0 Å². The minimum absolute atomic E-state index is 0.421. The number of alkyl halides is 3. The lowest BCUT2D eigenvalue weighted by Gasteiger charge is -2.10. The number of aryl methyl sites for hydroxylation is 1. The number of benzene rings is 1. The predicted molar refractivity (Wildman–Crippen MR) is 70.5 cm³/mol. The summed E-state index contributed by atoms with van der Waals surface area (Å²) in [6.07, 6.45) is -4.33. The van der Waals surface area contributed by atoms with Crippen molar-refractivity contribution >= 4 is 5.95 Å². The molecule has 0 aliphatic carbocycles. The lowest BCUT2D eigenvalue weighted by atomic mass is 10.1. The van der Waals surface area contributed by atoms with Gasteiger partial charge >= 0.3 is 6.18 Å². The highest BCUT2D eigenvalue weighted by molar-refractivity contribution is 5.57. The summed E-state index contributed by atoms with van der Waals surface area (Å²) in [6, 6.07) is 4.85. The zero-order valence-corrected chi connectivity index (χ0v) is 11.4. The van der Waals surface area contributed by atoms with Gasteiger partial charge in [-0.25, -0.2) is 4.68 Å². The summed E-state index contributed by atoms with van der Waals surface area (Å²) in [7, 11) is 3.68. The molecule has 0 saturated carbocycles. The molecule has 4 nitrogen and oxygen atoms in total. The molecular weight excluding hydrogens is 269 g/mol. The molecule has 108 valence electrons. The SMILES string of the molecule is CCn1nc(-c2ccc(C(F)(F)F)cc2)nc1N(C)C. The van der Waals surface area contributed by atoms with E-state index in [4.69, 9.17) is 0 Å². The van der Waals surface area contributed by atoms with Crippen LogP contribution in [0.2, 0.25) is 0 Å². The Morgan fingerprint density at radius 1 is 1.15 bits per heavy atom. The van der Waals surface area contributed by atoms with Crippen molar-refractivity contribution < 1.29 is 13.2 Å². The smallest absolute Gasteiger partial charge is 0.347 e. The van der Waals surface area contributed by atoms with Crippen molar-refractivity contribution in [2.75, 3.05) is 19.0 Å². The fourth-order valence-corrected chi connectivity index (χ4v) is 1.81. The number of anilines is 1. The molecule has 0 aliphatic heterocycles. The Labute approximate surface area is 114 Å². The van der Waals surface area contributed by atoms with Crippen LogP contribution in [0.4, 0.5) is 19.1 Å². The fraction of sp³-hybridized carbons (Fsp3) is 0.385. The Hall–Kier alpha value is -2.05. The largest absolute Gasteiger partial charge is 0.416 e. The highest BCUT2D eigenvalue weighted by atomic mass is 19.4. The van der Waals surface area contributed by atoms with Crippen LogP contribution in [0.15, 0.2) is 24.3 Å². The van der Waals surface area contributed by atoms with Crippen LogP contribution in [0.3, 0.4) is 0 Å². The van der Waals surface area contributed by atoms with Gasteiger partial charge in [-0.2, -0.15) is 18.2 Å². The van der Waals surface area contributed by atoms with Gasteiger partial charge in [-0.15, -0.1) is 5.10 Å². The van der Waals surface area contributed by atoms with Gasteiger partial charge in [0.2, 0.25) is 5.95 Å². The molecule has 7 heteroatoms. The first-order chi connectivity index (χ1) is 9.32. The molecule has 1 aromatic heterocycles. The van der Waals surface area contributed by atoms with Crippen molar-refractivity contribution in [2.24, 2.45) is 0 Å². The highest BCUT2D eigenvalue weighted by Crippen LogP contribution is 2.30. The molecule has 0 aliphatic rings. The summed E-state index contributed by atoms with van der Waals surface area (Å²) in [5.41, 5.74) is -0.114. The molecule has 1 aromatic carbocycles. The van der Waals surface area contributed by atoms with E-state index in [1.165, 1.54) is 12.1 Å². The van der Waals surface area contributed by atoms with Gasteiger partial charge in [0, 0.05) is 26.2 Å². The number of rotatable bonds is 3. The van der Waals surface area contributed by atoms with E-state index < -0.39 is 11.7 Å². The molecule has 0 amide bonds. The second-order valence-corrected chi connectivity index (χ2v) is 4.52. The predicted octanol–water partition coefficient (Wildman–Crippen LogP) is 3.05. The number of nitrogens with zero attached hydrogens (tertiary/aromatic N) is 4. The number of halogens is 3.